The molecule has 2 heterocycles. The molecule has 0 radical (unpaired) electrons. The molecule has 4 nitrogen and oxygen atoms in total. The van der Waals surface area contributed by atoms with Gasteiger partial charge in [-0.25, -0.2) is 4.39 Å². The van der Waals surface area contributed by atoms with E-state index in [1.54, 1.807) is 32.6 Å². The molecule has 0 aromatic rings. The van der Waals surface area contributed by atoms with Crippen molar-refractivity contribution in [3.05, 3.63) is 11.3 Å². The summed E-state index contributed by atoms with van der Waals surface area (Å²) in [5, 5.41) is 3.05. The van der Waals surface area contributed by atoms with Crippen molar-refractivity contribution >= 4 is 7.12 Å². The molecular weight excluding hydrogens is 315 g/mol. The van der Waals surface area contributed by atoms with Crippen LogP contribution in [0.15, 0.2) is 11.3 Å². The van der Waals surface area contributed by atoms with E-state index >= 15 is 0 Å². The van der Waals surface area contributed by atoms with Crippen molar-refractivity contribution in [1.29, 1.82) is 0 Å². The second-order valence-electron chi connectivity index (χ2n) is 6.94. The van der Waals surface area contributed by atoms with E-state index < -0.39 is 42.3 Å². The van der Waals surface area contributed by atoms with Gasteiger partial charge in [-0.3, -0.25) is 4.90 Å². The average molecular weight is 338 g/mol. The molecule has 2 saturated heterocycles. The van der Waals surface area contributed by atoms with Crippen molar-refractivity contribution in [2.75, 3.05) is 32.7 Å². The molecule has 0 aromatic heterocycles. The van der Waals surface area contributed by atoms with Crippen LogP contribution in [0.25, 0.3) is 0 Å². The van der Waals surface area contributed by atoms with Gasteiger partial charge in [0.25, 0.3) is 0 Å². The standard InChI is InChI=1S/C14H23BF4N2O2/c1-12(2)13(3,4)23-15(22-12)11(16)10(14(17,18)19)9-21-7-5-20-6-8-21/h20H,5-9H2,1-4H3. The Balaban J connectivity index is 2.24. The number of nitrogens with zero attached hydrogens (tertiary/aromatic N) is 1. The first kappa shape index (κ1) is 18.7. The minimum absolute atomic E-state index is 0.441. The highest BCUT2D eigenvalue weighted by Crippen LogP contribution is 2.41. The molecule has 1 N–H and O–H groups in total. The van der Waals surface area contributed by atoms with Gasteiger partial charge in [-0.1, -0.05) is 0 Å². The van der Waals surface area contributed by atoms with Crippen LogP contribution in [0.4, 0.5) is 17.6 Å². The van der Waals surface area contributed by atoms with Crippen LogP contribution < -0.4 is 5.32 Å². The minimum atomic E-state index is -4.77. The van der Waals surface area contributed by atoms with Gasteiger partial charge in [0, 0.05) is 32.7 Å². The molecule has 2 rings (SSSR count). The molecule has 0 unspecified atom stereocenters. The average Bonchev–Trinajstić information content (AvgIpc) is 2.64. The fourth-order valence-electron chi connectivity index (χ4n) is 2.48. The van der Waals surface area contributed by atoms with Gasteiger partial charge in [0.2, 0.25) is 0 Å². The van der Waals surface area contributed by atoms with Crippen LogP contribution in [-0.2, 0) is 9.31 Å². The Morgan fingerprint density at radius 3 is 2.00 bits per heavy atom. The zero-order valence-corrected chi connectivity index (χ0v) is 13.9. The van der Waals surface area contributed by atoms with Crippen molar-refractivity contribution in [3.63, 3.8) is 0 Å². The molecule has 0 amide bonds. The zero-order valence-electron chi connectivity index (χ0n) is 13.9. The fourth-order valence-corrected chi connectivity index (χ4v) is 2.48. The maximum absolute atomic E-state index is 14.6. The summed E-state index contributed by atoms with van der Waals surface area (Å²) in [6, 6.07) is 0. The molecule has 2 fully saturated rings. The van der Waals surface area contributed by atoms with E-state index in [1.807, 2.05) is 0 Å². The van der Waals surface area contributed by atoms with Crippen LogP contribution in [0.5, 0.6) is 0 Å². The molecule has 0 saturated carbocycles. The first-order valence-corrected chi connectivity index (χ1v) is 7.68. The quantitative estimate of drug-likeness (QED) is 0.633. The number of rotatable bonds is 3. The lowest BCUT2D eigenvalue weighted by Gasteiger charge is -2.32. The number of halogens is 4. The molecule has 0 bridgehead atoms. The summed E-state index contributed by atoms with van der Waals surface area (Å²) in [7, 11) is -1.63. The number of hydrogen-bond acceptors (Lipinski definition) is 4. The largest absolute Gasteiger partial charge is 0.525 e. The molecule has 0 spiro atoms. The minimum Gasteiger partial charge on any atom is -0.398 e. The maximum Gasteiger partial charge on any atom is 0.525 e. The van der Waals surface area contributed by atoms with E-state index in [0.717, 1.165) is 0 Å². The number of nitrogens with one attached hydrogen (secondary N) is 1. The van der Waals surface area contributed by atoms with Crippen molar-refractivity contribution < 1.29 is 26.9 Å². The molecule has 2 aliphatic rings. The van der Waals surface area contributed by atoms with E-state index in [1.165, 1.54) is 0 Å². The third-order valence-corrected chi connectivity index (χ3v) is 4.68. The number of hydrogen-bond donors (Lipinski definition) is 1. The second-order valence-corrected chi connectivity index (χ2v) is 6.94. The normalized spacial score (nSPS) is 26.3. The third kappa shape index (κ3) is 4.07. The Bertz CT molecular complexity index is 458. The molecular formula is C14H23BF4N2O2. The van der Waals surface area contributed by atoms with Crippen LogP contribution in [0.2, 0.25) is 0 Å². The highest BCUT2D eigenvalue weighted by molar-refractivity contribution is 6.53. The van der Waals surface area contributed by atoms with E-state index in [4.69, 9.17) is 9.31 Å². The Morgan fingerprint density at radius 1 is 1.09 bits per heavy atom. The van der Waals surface area contributed by atoms with E-state index in [-0.39, 0.29) is 0 Å². The van der Waals surface area contributed by atoms with Crippen molar-refractivity contribution in [2.24, 2.45) is 0 Å². The lowest BCUT2D eigenvalue weighted by Crippen LogP contribution is -2.45. The van der Waals surface area contributed by atoms with Crippen molar-refractivity contribution in [2.45, 2.75) is 45.1 Å². The summed E-state index contributed by atoms with van der Waals surface area (Å²) in [4.78, 5) is 1.57. The molecule has 0 aliphatic carbocycles. The second kappa shape index (κ2) is 6.35. The first-order valence-electron chi connectivity index (χ1n) is 7.68. The first-order chi connectivity index (χ1) is 10.4. The van der Waals surface area contributed by atoms with Crippen LogP contribution >= 0.6 is 0 Å². The maximum atomic E-state index is 14.6. The predicted molar refractivity (Wildman–Crippen MR) is 79.6 cm³/mol. The number of alkyl halides is 3. The van der Waals surface area contributed by atoms with Gasteiger partial charge in [-0.05, 0) is 27.7 Å². The summed E-state index contributed by atoms with van der Waals surface area (Å²) in [5.41, 5.74) is -4.38. The van der Waals surface area contributed by atoms with Gasteiger partial charge < -0.3 is 14.6 Å². The van der Waals surface area contributed by atoms with Crippen LogP contribution in [0.1, 0.15) is 27.7 Å². The van der Waals surface area contributed by atoms with Crippen LogP contribution in [-0.4, -0.2) is 62.1 Å². The van der Waals surface area contributed by atoms with Gasteiger partial charge in [-0.2, -0.15) is 13.2 Å². The lowest BCUT2D eigenvalue weighted by molar-refractivity contribution is -0.0976. The Labute approximate surface area is 134 Å². The Kier molecular flexibility index (Phi) is 5.16. The fraction of sp³-hybridized carbons (Fsp3) is 0.857. The smallest absolute Gasteiger partial charge is 0.398 e. The highest BCUT2D eigenvalue weighted by Gasteiger charge is 2.55. The molecule has 9 heteroatoms. The lowest BCUT2D eigenvalue weighted by atomic mass is 9.84. The summed E-state index contributed by atoms with van der Waals surface area (Å²) >= 11 is 0. The topological polar surface area (TPSA) is 33.7 Å². The number of piperazine rings is 1. The van der Waals surface area contributed by atoms with E-state index in [0.29, 0.717) is 26.2 Å². The summed E-state index contributed by atoms with van der Waals surface area (Å²) < 4.78 is 65.3. The van der Waals surface area contributed by atoms with E-state index in [2.05, 4.69) is 5.32 Å². The molecule has 2 aliphatic heterocycles. The summed E-state index contributed by atoms with van der Waals surface area (Å²) in [6.07, 6.45) is -4.77. The van der Waals surface area contributed by atoms with Gasteiger partial charge in [-0.15, -0.1) is 0 Å². The van der Waals surface area contributed by atoms with Crippen LogP contribution in [0, 0.1) is 0 Å². The molecule has 132 valence electrons. The monoisotopic (exact) mass is 338 g/mol. The summed E-state index contributed by atoms with van der Waals surface area (Å²) in [5.74, 6) is 0. The zero-order chi connectivity index (χ0) is 17.5. The highest BCUT2D eigenvalue weighted by atomic mass is 19.4. The van der Waals surface area contributed by atoms with Crippen LogP contribution in [0.3, 0.4) is 0 Å². The SMILES string of the molecule is CC1(C)OB(C(F)=C(CN2CCNCC2)C(F)(F)F)OC1(C)C. The van der Waals surface area contributed by atoms with Gasteiger partial charge in [0.05, 0.1) is 16.8 Å². The third-order valence-electron chi connectivity index (χ3n) is 4.68. The van der Waals surface area contributed by atoms with Gasteiger partial charge in [0.15, 0.2) is 0 Å². The van der Waals surface area contributed by atoms with Gasteiger partial charge >= 0.3 is 13.3 Å². The Hall–Kier alpha value is -0.635. The molecule has 0 aromatic carbocycles. The van der Waals surface area contributed by atoms with Crippen molar-refractivity contribution in [3.8, 4) is 0 Å². The Morgan fingerprint density at radius 2 is 1.57 bits per heavy atom. The van der Waals surface area contributed by atoms with E-state index in [9.17, 15) is 17.6 Å². The molecule has 23 heavy (non-hydrogen) atoms. The molecule has 0 atom stereocenters. The predicted octanol–water partition coefficient (Wildman–Crippen LogP) is 2.31. The van der Waals surface area contributed by atoms with Gasteiger partial charge in [0.1, 0.15) is 5.73 Å². The van der Waals surface area contributed by atoms with Crippen molar-refractivity contribution in [1.82, 2.24) is 10.2 Å². The summed E-state index contributed by atoms with van der Waals surface area (Å²) in [6.45, 7) is 8.24.